The van der Waals surface area contributed by atoms with E-state index in [-0.39, 0.29) is 0 Å². The molecule has 0 aliphatic rings. The predicted molar refractivity (Wildman–Crippen MR) is 26.5 cm³/mol. The summed E-state index contributed by atoms with van der Waals surface area (Å²) >= 11 is 1.21. The molecule has 1 heterocycles. The van der Waals surface area contributed by atoms with Gasteiger partial charge in [-0.25, -0.2) is 4.98 Å². The highest BCUT2D eigenvalue weighted by Gasteiger charge is 1.94. The first kappa shape index (κ1) is 4.71. The average molecular weight is 116 g/mol. The minimum Gasteiger partial charge on any atom is -0.216 e. The van der Waals surface area contributed by atoms with Crippen LogP contribution in [0.2, 0.25) is 0 Å². The van der Waals surface area contributed by atoms with Gasteiger partial charge in [-0.1, -0.05) is 0 Å². The molecule has 0 amide bonds. The first-order chi connectivity index (χ1) is 3.30. The maximum Gasteiger partial charge on any atom is 0.226 e. The van der Waals surface area contributed by atoms with E-state index in [9.17, 15) is 4.39 Å². The second-order valence-corrected chi connectivity index (χ2v) is 2.01. The van der Waals surface area contributed by atoms with Crippen LogP contribution >= 0.6 is 11.3 Å². The first-order valence-electron chi connectivity index (χ1n) is 1.71. The summed E-state index contributed by atoms with van der Waals surface area (Å²) in [4.78, 5) is 3.71. The molecule has 1 aromatic rings. The molecule has 1 radical (unpaired) electrons. The summed E-state index contributed by atoms with van der Waals surface area (Å²) in [6.07, 6.45) is 0. The van der Waals surface area contributed by atoms with Crippen molar-refractivity contribution >= 4 is 11.3 Å². The van der Waals surface area contributed by atoms with Crippen LogP contribution in [-0.2, 0) is 0 Å². The zero-order chi connectivity index (χ0) is 5.28. The highest BCUT2D eigenvalue weighted by molar-refractivity contribution is 7.09. The first-order valence-corrected chi connectivity index (χ1v) is 2.59. The Bertz CT molecular complexity index is 144. The highest BCUT2D eigenvalue weighted by atomic mass is 32.1. The Morgan fingerprint density at radius 3 is 2.71 bits per heavy atom. The van der Waals surface area contributed by atoms with E-state index in [0.29, 0.717) is 4.88 Å². The third-order valence-corrected chi connectivity index (χ3v) is 1.25. The number of nitrogens with zero attached hydrogens (tertiary/aromatic N) is 1. The number of halogens is 1. The Balaban J connectivity index is 3.12. The van der Waals surface area contributed by atoms with Crippen molar-refractivity contribution in [2.24, 2.45) is 0 Å². The average Bonchev–Trinajstić information content (AvgIpc) is 1.91. The van der Waals surface area contributed by atoms with Crippen molar-refractivity contribution in [2.45, 2.75) is 0 Å². The number of rotatable bonds is 0. The van der Waals surface area contributed by atoms with Gasteiger partial charge in [-0.2, -0.15) is 4.39 Å². The van der Waals surface area contributed by atoms with Gasteiger partial charge in [0.25, 0.3) is 0 Å². The molecule has 7 heavy (non-hydrogen) atoms. The van der Waals surface area contributed by atoms with Crippen LogP contribution in [0.25, 0.3) is 0 Å². The summed E-state index contributed by atoms with van der Waals surface area (Å²) in [6, 6.07) is 0. The summed E-state index contributed by atoms with van der Waals surface area (Å²) in [6.45, 7) is 3.36. The molecule has 0 bridgehead atoms. The van der Waals surface area contributed by atoms with Crippen LogP contribution in [0.15, 0.2) is 5.51 Å². The van der Waals surface area contributed by atoms with Crippen LogP contribution in [-0.4, -0.2) is 4.98 Å². The van der Waals surface area contributed by atoms with Crippen molar-refractivity contribution in [1.82, 2.24) is 4.98 Å². The molecule has 0 saturated heterocycles. The minimum atomic E-state index is -0.454. The van der Waals surface area contributed by atoms with Crippen LogP contribution < -0.4 is 0 Å². The maximum atomic E-state index is 11.9. The van der Waals surface area contributed by atoms with Crippen molar-refractivity contribution in [1.29, 1.82) is 0 Å². The van der Waals surface area contributed by atoms with Crippen molar-refractivity contribution in [3.8, 4) is 0 Å². The van der Waals surface area contributed by atoms with E-state index in [0.717, 1.165) is 0 Å². The normalized spacial score (nSPS) is 9.43. The molecule has 0 saturated carbocycles. The van der Waals surface area contributed by atoms with Crippen LogP contribution in [0.3, 0.4) is 0 Å². The zero-order valence-electron chi connectivity index (χ0n) is 3.52. The summed E-state index contributed by atoms with van der Waals surface area (Å²) < 4.78 is 11.9. The summed E-state index contributed by atoms with van der Waals surface area (Å²) in [5, 5.41) is 0. The lowest BCUT2D eigenvalue weighted by Gasteiger charge is -1.72. The second-order valence-electron chi connectivity index (χ2n) is 1.07. The molecule has 0 aromatic carbocycles. The molecule has 3 heteroatoms. The number of aromatic nitrogens is 1. The Morgan fingerprint density at radius 1 is 1.86 bits per heavy atom. The molecule has 0 spiro atoms. The lowest BCUT2D eigenvalue weighted by molar-refractivity contribution is 0.588. The molecule has 0 aliphatic heterocycles. The van der Waals surface area contributed by atoms with E-state index < -0.39 is 5.95 Å². The van der Waals surface area contributed by atoms with Gasteiger partial charge in [0.15, 0.2) is 0 Å². The number of hydrogen-bond donors (Lipinski definition) is 0. The van der Waals surface area contributed by atoms with Crippen LogP contribution in [0, 0.1) is 12.9 Å². The minimum absolute atomic E-state index is 0.403. The van der Waals surface area contributed by atoms with Gasteiger partial charge in [0.2, 0.25) is 5.95 Å². The lowest BCUT2D eigenvalue weighted by atomic mass is 10.6. The quantitative estimate of drug-likeness (QED) is 0.500. The Labute approximate surface area is 44.8 Å². The van der Waals surface area contributed by atoms with Gasteiger partial charge in [-0.15, -0.1) is 11.3 Å². The van der Waals surface area contributed by atoms with E-state index in [1.54, 1.807) is 0 Å². The van der Waals surface area contributed by atoms with Gasteiger partial charge in [0.05, 0.1) is 10.4 Å². The molecule has 1 nitrogen and oxygen atoms in total. The molecule has 1 aromatic heterocycles. The number of thiazole rings is 1. The molecule has 1 rings (SSSR count). The van der Waals surface area contributed by atoms with E-state index in [2.05, 4.69) is 11.9 Å². The maximum absolute atomic E-state index is 11.9. The largest absolute Gasteiger partial charge is 0.226 e. The Hall–Kier alpha value is -0.440. The van der Waals surface area contributed by atoms with Crippen LogP contribution in [0.1, 0.15) is 4.88 Å². The molecular formula is C4H3FNS. The molecule has 0 unspecified atom stereocenters. The van der Waals surface area contributed by atoms with Gasteiger partial charge in [-0.05, 0) is 6.92 Å². The van der Waals surface area contributed by atoms with E-state index >= 15 is 0 Å². The van der Waals surface area contributed by atoms with Crippen LogP contribution in [0.4, 0.5) is 4.39 Å². The second kappa shape index (κ2) is 1.58. The van der Waals surface area contributed by atoms with Crippen molar-refractivity contribution in [3.63, 3.8) is 0 Å². The van der Waals surface area contributed by atoms with Gasteiger partial charge in [0, 0.05) is 0 Å². The molecular weight excluding hydrogens is 113 g/mol. The molecule has 37 valence electrons. The molecule has 0 aliphatic carbocycles. The molecule has 0 atom stereocenters. The summed E-state index contributed by atoms with van der Waals surface area (Å²) in [7, 11) is 0. The fourth-order valence-corrected chi connectivity index (χ4v) is 0.679. The molecule has 0 N–H and O–H groups in total. The van der Waals surface area contributed by atoms with E-state index in [4.69, 9.17) is 0 Å². The summed E-state index contributed by atoms with van der Waals surface area (Å²) in [5.74, 6) is -0.454. The highest BCUT2D eigenvalue weighted by Crippen LogP contribution is 2.07. The fourth-order valence-electron chi connectivity index (χ4n) is 0.257. The van der Waals surface area contributed by atoms with Crippen molar-refractivity contribution in [3.05, 3.63) is 23.3 Å². The van der Waals surface area contributed by atoms with Gasteiger partial charge in [-0.3, -0.25) is 0 Å². The van der Waals surface area contributed by atoms with Gasteiger partial charge < -0.3 is 0 Å². The summed E-state index contributed by atoms with van der Waals surface area (Å²) in [5.41, 5.74) is 1.43. The SMILES string of the molecule is [CH2]c1scnc1F. The molecule has 0 fully saturated rings. The van der Waals surface area contributed by atoms with Crippen molar-refractivity contribution < 1.29 is 4.39 Å². The van der Waals surface area contributed by atoms with E-state index in [1.165, 1.54) is 16.8 Å². The zero-order valence-corrected chi connectivity index (χ0v) is 4.33. The third kappa shape index (κ3) is 0.771. The predicted octanol–water partition coefficient (Wildman–Crippen LogP) is 1.46. The van der Waals surface area contributed by atoms with Gasteiger partial charge >= 0.3 is 0 Å². The van der Waals surface area contributed by atoms with E-state index in [1.807, 2.05) is 0 Å². The smallest absolute Gasteiger partial charge is 0.216 e. The number of hydrogen-bond acceptors (Lipinski definition) is 2. The topological polar surface area (TPSA) is 12.9 Å². The van der Waals surface area contributed by atoms with Crippen LogP contribution in [0.5, 0.6) is 0 Å². The lowest BCUT2D eigenvalue weighted by Crippen LogP contribution is -1.70. The Kier molecular flexibility index (Phi) is 1.06. The van der Waals surface area contributed by atoms with Gasteiger partial charge in [0.1, 0.15) is 0 Å². The Morgan fingerprint density at radius 2 is 2.57 bits per heavy atom. The standard InChI is InChI=1S/C4H3FNS/c1-3-4(5)6-2-7-3/h2H,1H2. The third-order valence-electron chi connectivity index (χ3n) is 0.591. The fraction of sp³-hybridized carbons (Fsp3) is 0. The monoisotopic (exact) mass is 116 g/mol. The van der Waals surface area contributed by atoms with Crippen molar-refractivity contribution in [2.75, 3.05) is 0 Å².